The number of aryl methyl sites for hydroxylation is 1. The first-order chi connectivity index (χ1) is 8.49. The monoisotopic (exact) mass is 260 g/mol. The van der Waals surface area contributed by atoms with Crippen LogP contribution in [0.3, 0.4) is 0 Å². The van der Waals surface area contributed by atoms with Crippen LogP contribution in [-0.2, 0) is 0 Å². The van der Waals surface area contributed by atoms with Crippen LogP contribution >= 0.6 is 11.3 Å². The van der Waals surface area contributed by atoms with Gasteiger partial charge in [0.1, 0.15) is 9.88 Å². The summed E-state index contributed by atoms with van der Waals surface area (Å²) in [5.41, 5.74) is 8.33. The zero-order valence-corrected chi connectivity index (χ0v) is 11.5. The fourth-order valence-corrected chi connectivity index (χ4v) is 2.68. The van der Waals surface area contributed by atoms with Gasteiger partial charge in [0, 0.05) is 5.56 Å². The van der Waals surface area contributed by atoms with Gasteiger partial charge in [-0.2, -0.15) is 0 Å². The van der Waals surface area contributed by atoms with Crippen molar-refractivity contribution in [3.8, 4) is 10.6 Å². The zero-order valence-electron chi connectivity index (χ0n) is 10.7. The molecule has 1 amide bonds. The Morgan fingerprint density at radius 3 is 2.33 bits per heavy atom. The summed E-state index contributed by atoms with van der Waals surface area (Å²) in [6.45, 7) is 6.13. The fourth-order valence-electron chi connectivity index (χ4n) is 1.76. The highest BCUT2D eigenvalue weighted by Crippen LogP contribution is 2.28. The number of nitrogens with zero attached hydrogens (tertiary/aromatic N) is 1. The van der Waals surface area contributed by atoms with E-state index in [0.29, 0.717) is 16.5 Å². The maximum Gasteiger partial charge on any atom is 0.260 e. The van der Waals surface area contributed by atoms with E-state index in [1.807, 2.05) is 19.1 Å². The Morgan fingerprint density at radius 2 is 1.89 bits per heavy atom. The molecule has 0 bridgehead atoms. The first kappa shape index (κ1) is 12.8. The lowest BCUT2D eigenvalue weighted by molar-refractivity contribution is 0.100. The molecule has 18 heavy (non-hydrogen) atoms. The largest absolute Gasteiger partial charge is 0.365 e. The highest BCUT2D eigenvalue weighted by atomic mass is 32.1. The van der Waals surface area contributed by atoms with E-state index in [4.69, 9.17) is 5.73 Å². The molecular formula is C14H16N2OS. The van der Waals surface area contributed by atoms with Crippen molar-refractivity contribution in [3.05, 3.63) is 40.4 Å². The quantitative estimate of drug-likeness (QED) is 0.920. The number of amides is 1. The summed E-state index contributed by atoms with van der Waals surface area (Å²) in [5.74, 6) is 0.105. The molecule has 1 aromatic carbocycles. The summed E-state index contributed by atoms with van der Waals surface area (Å²) in [4.78, 5) is 16.1. The number of hydrogen-bond acceptors (Lipinski definition) is 3. The van der Waals surface area contributed by atoms with E-state index in [9.17, 15) is 4.79 Å². The van der Waals surface area contributed by atoms with Gasteiger partial charge in [0.25, 0.3) is 5.91 Å². The van der Waals surface area contributed by atoms with Gasteiger partial charge in [-0.25, -0.2) is 4.98 Å². The molecule has 3 nitrogen and oxygen atoms in total. The number of nitrogens with two attached hydrogens (primary N) is 1. The van der Waals surface area contributed by atoms with Gasteiger partial charge in [-0.05, 0) is 18.4 Å². The van der Waals surface area contributed by atoms with Crippen molar-refractivity contribution in [3.63, 3.8) is 0 Å². The Kier molecular flexibility index (Phi) is 3.48. The molecule has 2 rings (SSSR count). The molecule has 1 aromatic heterocycles. The molecule has 0 saturated carbocycles. The van der Waals surface area contributed by atoms with E-state index in [-0.39, 0.29) is 0 Å². The maximum atomic E-state index is 11.2. The van der Waals surface area contributed by atoms with Gasteiger partial charge in [-0.3, -0.25) is 4.79 Å². The summed E-state index contributed by atoms with van der Waals surface area (Å²) in [7, 11) is 0. The summed E-state index contributed by atoms with van der Waals surface area (Å²) in [6, 6.07) is 8.28. The van der Waals surface area contributed by atoms with Gasteiger partial charge in [0.15, 0.2) is 0 Å². The molecule has 4 heteroatoms. The van der Waals surface area contributed by atoms with Crippen molar-refractivity contribution in [2.24, 2.45) is 5.73 Å². The molecule has 0 atom stereocenters. The van der Waals surface area contributed by atoms with Gasteiger partial charge >= 0.3 is 0 Å². The maximum absolute atomic E-state index is 11.2. The minimum absolute atomic E-state index is 0.407. The van der Waals surface area contributed by atoms with Crippen LogP contribution in [-0.4, -0.2) is 10.9 Å². The third-order valence-electron chi connectivity index (χ3n) is 2.84. The fraction of sp³-hybridized carbons (Fsp3) is 0.286. The Hall–Kier alpha value is -1.68. The number of hydrogen-bond donors (Lipinski definition) is 1. The molecule has 0 radical (unpaired) electrons. The van der Waals surface area contributed by atoms with Crippen molar-refractivity contribution < 1.29 is 4.79 Å². The minimum atomic E-state index is -0.407. The average Bonchev–Trinajstić information content (AvgIpc) is 2.71. The minimum Gasteiger partial charge on any atom is -0.365 e. The Morgan fingerprint density at radius 1 is 1.28 bits per heavy atom. The summed E-state index contributed by atoms with van der Waals surface area (Å²) >= 11 is 1.35. The molecule has 0 spiro atoms. The van der Waals surface area contributed by atoms with Crippen molar-refractivity contribution in [2.45, 2.75) is 26.7 Å². The van der Waals surface area contributed by atoms with E-state index in [2.05, 4.69) is 31.0 Å². The zero-order chi connectivity index (χ0) is 13.3. The van der Waals surface area contributed by atoms with E-state index < -0.39 is 5.91 Å². The van der Waals surface area contributed by atoms with E-state index in [1.165, 1.54) is 16.9 Å². The van der Waals surface area contributed by atoms with Crippen molar-refractivity contribution in [1.82, 2.24) is 4.98 Å². The first-order valence-electron chi connectivity index (χ1n) is 5.86. The van der Waals surface area contributed by atoms with Crippen LogP contribution in [0.1, 0.15) is 40.7 Å². The number of rotatable bonds is 3. The molecule has 0 aliphatic carbocycles. The Labute approximate surface area is 111 Å². The average molecular weight is 260 g/mol. The van der Waals surface area contributed by atoms with Crippen LogP contribution in [0.2, 0.25) is 0 Å². The van der Waals surface area contributed by atoms with Crippen molar-refractivity contribution >= 4 is 17.2 Å². The predicted octanol–water partition coefficient (Wildman–Crippen LogP) is 3.34. The predicted molar refractivity (Wildman–Crippen MR) is 74.9 cm³/mol. The van der Waals surface area contributed by atoms with E-state index in [1.54, 1.807) is 0 Å². The van der Waals surface area contributed by atoms with Gasteiger partial charge in [-0.1, -0.05) is 38.1 Å². The number of aromatic nitrogens is 1. The number of carbonyl (C=O) groups excluding carboxylic acids is 1. The molecule has 0 saturated heterocycles. The van der Waals surface area contributed by atoms with Gasteiger partial charge in [0.2, 0.25) is 0 Å². The third kappa shape index (κ3) is 2.43. The molecule has 2 N–H and O–H groups in total. The first-order valence-corrected chi connectivity index (χ1v) is 6.68. The molecule has 0 aliphatic rings. The summed E-state index contributed by atoms with van der Waals surface area (Å²) < 4.78 is 0. The topological polar surface area (TPSA) is 56.0 Å². The van der Waals surface area contributed by atoms with E-state index >= 15 is 0 Å². The second-order valence-corrected chi connectivity index (χ2v) is 5.57. The van der Waals surface area contributed by atoms with Crippen LogP contribution in [0.4, 0.5) is 0 Å². The number of carbonyl (C=O) groups is 1. The van der Waals surface area contributed by atoms with Gasteiger partial charge in [-0.15, -0.1) is 11.3 Å². The highest BCUT2D eigenvalue weighted by Gasteiger charge is 2.13. The molecule has 2 aromatic rings. The second kappa shape index (κ2) is 4.90. The van der Waals surface area contributed by atoms with Crippen LogP contribution in [0, 0.1) is 6.92 Å². The third-order valence-corrected chi connectivity index (χ3v) is 4.07. The normalized spacial score (nSPS) is 10.9. The van der Waals surface area contributed by atoms with Gasteiger partial charge in [0.05, 0.1) is 5.69 Å². The molecular weight excluding hydrogens is 244 g/mol. The summed E-state index contributed by atoms with van der Waals surface area (Å²) in [5, 5.41) is 0.844. The standard InChI is InChI=1S/C14H16N2OS/c1-8(2)10-4-6-11(7-5-10)14-16-9(3)12(18-14)13(15)17/h4-8H,1-3H3,(H2,15,17). The SMILES string of the molecule is Cc1nc(-c2ccc(C(C)C)cc2)sc1C(N)=O. The Bertz CT molecular complexity index is 570. The van der Waals surface area contributed by atoms with Crippen LogP contribution in [0.15, 0.2) is 24.3 Å². The van der Waals surface area contributed by atoms with Crippen LogP contribution < -0.4 is 5.73 Å². The van der Waals surface area contributed by atoms with Crippen LogP contribution in [0.5, 0.6) is 0 Å². The highest BCUT2D eigenvalue weighted by molar-refractivity contribution is 7.17. The lowest BCUT2D eigenvalue weighted by Crippen LogP contribution is -2.09. The lowest BCUT2D eigenvalue weighted by atomic mass is 10.0. The molecule has 94 valence electrons. The smallest absolute Gasteiger partial charge is 0.260 e. The Balaban J connectivity index is 2.37. The molecule has 0 unspecified atom stereocenters. The van der Waals surface area contributed by atoms with E-state index in [0.717, 1.165) is 10.6 Å². The van der Waals surface area contributed by atoms with Crippen molar-refractivity contribution in [2.75, 3.05) is 0 Å². The number of thiazole rings is 1. The second-order valence-electron chi connectivity index (χ2n) is 4.57. The number of benzene rings is 1. The lowest BCUT2D eigenvalue weighted by Gasteiger charge is -2.05. The molecule has 0 fully saturated rings. The molecule has 1 heterocycles. The molecule has 0 aliphatic heterocycles. The van der Waals surface area contributed by atoms with Crippen molar-refractivity contribution in [1.29, 1.82) is 0 Å². The number of primary amides is 1. The van der Waals surface area contributed by atoms with Gasteiger partial charge < -0.3 is 5.73 Å². The van der Waals surface area contributed by atoms with Crippen LogP contribution in [0.25, 0.3) is 10.6 Å². The summed E-state index contributed by atoms with van der Waals surface area (Å²) in [6.07, 6.45) is 0.